The lowest BCUT2D eigenvalue weighted by atomic mass is 10.1. The molecule has 1 aromatic heterocycles. The highest BCUT2D eigenvalue weighted by molar-refractivity contribution is 6.05. The average molecular weight is 536 g/mol. The summed E-state index contributed by atoms with van der Waals surface area (Å²) >= 11 is 0. The van der Waals surface area contributed by atoms with Gasteiger partial charge in [-0.1, -0.05) is 18.2 Å². The van der Waals surface area contributed by atoms with Gasteiger partial charge < -0.3 is 33.6 Å². The molecule has 2 aromatic carbocycles. The van der Waals surface area contributed by atoms with E-state index in [4.69, 9.17) is 23.7 Å². The van der Waals surface area contributed by atoms with Crippen LogP contribution in [0.25, 0.3) is 16.7 Å². The Bertz CT molecular complexity index is 1490. The van der Waals surface area contributed by atoms with E-state index in [2.05, 4.69) is 4.98 Å². The van der Waals surface area contributed by atoms with Crippen LogP contribution in [0.1, 0.15) is 38.1 Å². The molecule has 3 aromatic rings. The predicted molar refractivity (Wildman–Crippen MR) is 139 cm³/mol. The molecule has 0 fully saturated rings. The zero-order valence-corrected chi connectivity index (χ0v) is 22.3. The minimum Gasteiger partial charge on any atom is -0.464 e. The fourth-order valence-corrected chi connectivity index (χ4v) is 4.41. The summed E-state index contributed by atoms with van der Waals surface area (Å²) in [5.74, 6) is -0.157. The molecule has 1 atom stereocenters. The molecule has 1 unspecified atom stereocenters. The van der Waals surface area contributed by atoms with E-state index in [9.17, 15) is 14.4 Å². The minimum absolute atomic E-state index is 0.0693. The van der Waals surface area contributed by atoms with E-state index in [1.807, 2.05) is 24.3 Å². The number of amides is 2. The summed E-state index contributed by atoms with van der Waals surface area (Å²) in [5, 5.41) is 0.790. The number of fused-ring (bicyclic) bond motifs is 2. The van der Waals surface area contributed by atoms with Crippen LogP contribution in [0.3, 0.4) is 0 Å². The Labute approximate surface area is 224 Å². The lowest BCUT2D eigenvalue weighted by molar-refractivity contribution is -0.145. The van der Waals surface area contributed by atoms with Crippen LogP contribution in [-0.2, 0) is 23.8 Å². The number of hydrogen-bond donors (Lipinski definition) is 1. The Morgan fingerprint density at radius 1 is 1.10 bits per heavy atom. The van der Waals surface area contributed by atoms with Crippen LogP contribution in [0.15, 0.2) is 54.4 Å². The second-order valence-electron chi connectivity index (χ2n) is 10.1. The van der Waals surface area contributed by atoms with Gasteiger partial charge in [0.1, 0.15) is 12.1 Å². The Balaban J connectivity index is 1.59. The molecule has 2 aliphatic rings. The molecule has 204 valence electrons. The van der Waals surface area contributed by atoms with E-state index in [1.165, 1.54) is 19.1 Å². The first-order valence-corrected chi connectivity index (χ1v) is 12.3. The van der Waals surface area contributed by atoms with Crippen LogP contribution in [0.2, 0.25) is 0 Å². The van der Waals surface area contributed by atoms with Crippen molar-refractivity contribution >= 4 is 34.6 Å². The molecular formula is C28H29N3O8. The van der Waals surface area contributed by atoms with Crippen molar-refractivity contribution in [2.24, 2.45) is 0 Å². The Hall–Kier alpha value is -4.67. The fraction of sp³-hybridized carbons (Fsp3) is 0.321. The van der Waals surface area contributed by atoms with Crippen LogP contribution in [-0.4, -0.2) is 65.8 Å². The number of esters is 1. The third-order valence-electron chi connectivity index (χ3n) is 6.16. The van der Waals surface area contributed by atoms with Crippen molar-refractivity contribution in [3.63, 3.8) is 0 Å². The fourth-order valence-electron chi connectivity index (χ4n) is 4.41. The molecule has 39 heavy (non-hydrogen) atoms. The number of rotatable bonds is 5. The van der Waals surface area contributed by atoms with Crippen LogP contribution in [0, 0.1) is 0 Å². The smallest absolute Gasteiger partial charge is 0.410 e. The highest BCUT2D eigenvalue weighted by atomic mass is 16.7. The van der Waals surface area contributed by atoms with E-state index in [1.54, 1.807) is 45.2 Å². The van der Waals surface area contributed by atoms with Crippen molar-refractivity contribution < 1.29 is 38.1 Å². The summed E-state index contributed by atoms with van der Waals surface area (Å²) in [6.45, 7) is 4.88. The molecule has 11 heteroatoms. The quantitative estimate of drug-likeness (QED) is 0.484. The Kier molecular flexibility index (Phi) is 6.59. The van der Waals surface area contributed by atoms with Gasteiger partial charge in [0.15, 0.2) is 23.0 Å². The van der Waals surface area contributed by atoms with Gasteiger partial charge in [-0.05, 0) is 45.0 Å². The van der Waals surface area contributed by atoms with Gasteiger partial charge in [-0.2, -0.15) is 0 Å². The number of nitrogens with one attached hydrogen (secondary N) is 1. The number of aromatic amines is 1. The van der Waals surface area contributed by atoms with Crippen LogP contribution >= 0.6 is 0 Å². The van der Waals surface area contributed by atoms with Crippen LogP contribution < -0.4 is 9.47 Å². The summed E-state index contributed by atoms with van der Waals surface area (Å²) in [7, 11) is 2.67. The number of methoxy groups -OCH3 is 1. The summed E-state index contributed by atoms with van der Waals surface area (Å²) in [6.07, 6.45) is -0.0340. The molecule has 0 saturated heterocycles. The zero-order chi connectivity index (χ0) is 27.9. The van der Waals surface area contributed by atoms with Crippen molar-refractivity contribution in [3.8, 4) is 11.5 Å². The van der Waals surface area contributed by atoms with Crippen molar-refractivity contribution in [1.29, 1.82) is 0 Å². The van der Waals surface area contributed by atoms with Gasteiger partial charge >= 0.3 is 12.1 Å². The van der Waals surface area contributed by atoms with Gasteiger partial charge in [0.05, 0.1) is 7.11 Å². The number of aromatic nitrogens is 1. The maximum absolute atomic E-state index is 13.8. The second kappa shape index (κ2) is 9.90. The molecule has 0 aliphatic carbocycles. The molecule has 2 aliphatic heterocycles. The molecule has 1 N–H and O–H groups in total. The normalized spacial score (nSPS) is 16.3. The monoisotopic (exact) mass is 535 g/mol. The van der Waals surface area contributed by atoms with E-state index in [0.717, 1.165) is 15.8 Å². The zero-order valence-electron chi connectivity index (χ0n) is 22.3. The van der Waals surface area contributed by atoms with Gasteiger partial charge in [-0.3, -0.25) is 9.69 Å². The first kappa shape index (κ1) is 26.0. The van der Waals surface area contributed by atoms with E-state index in [-0.39, 0.29) is 24.8 Å². The van der Waals surface area contributed by atoms with Crippen LogP contribution in [0.5, 0.6) is 11.5 Å². The maximum Gasteiger partial charge on any atom is 0.410 e. The largest absolute Gasteiger partial charge is 0.464 e. The number of H-pyrrole nitrogens is 1. The van der Waals surface area contributed by atoms with Crippen molar-refractivity contribution in [3.05, 3.63) is 65.5 Å². The van der Waals surface area contributed by atoms with Crippen LogP contribution in [0.4, 0.5) is 4.79 Å². The van der Waals surface area contributed by atoms with E-state index < -0.39 is 29.8 Å². The number of likely N-dealkylation sites (N-methyl/N-ethyl adjacent to an activating group) is 1. The maximum atomic E-state index is 13.8. The number of carbonyl (C=O) groups is 3. The van der Waals surface area contributed by atoms with Gasteiger partial charge in [0, 0.05) is 35.3 Å². The molecule has 11 nitrogen and oxygen atoms in total. The van der Waals surface area contributed by atoms with Crippen molar-refractivity contribution in [2.45, 2.75) is 32.6 Å². The van der Waals surface area contributed by atoms with Crippen molar-refractivity contribution in [2.75, 3.05) is 27.5 Å². The molecule has 0 saturated carbocycles. The summed E-state index contributed by atoms with van der Waals surface area (Å²) < 4.78 is 27.8. The summed E-state index contributed by atoms with van der Waals surface area (Å²) in [4.78, 5) is 45.2. The predicted octanol–water partition coefficient (Wildman–Crippen LogP) is 4.16. The molecule has 0 radical (unpaired) electrons. The summed E-state index contributed by atoms with van der Waals surface area (Å²) in [6, 6.07) is 12.6. The highest BCUT2D eigenvalue weighted by Crippen LogP contribution is 2.45. The second-order valence-corrected chi connectivity index (χ2v) is 10.1. The number of para-hydroxylation sites is 1. The number of benzene rings is 2. The number of nitrogens with zero attached hydrogens (tertiary/aromatic N) is 2. The van der Waals surface area contributed by atoms with E-state index >= 15 is 0 Å². The number of carbonyl (C=O) groups excluding carboxylic acids is 3. The average Bonchev–Trinajstić information content (AvgIpc) is 3.62. The third kappa shape index (κ3) is 4.95. The lowest BCUT2D eigenvalue weighted by Crippen LogP contribution is -2.43. The first-order chi connectivity index (χ1) is 18.6. The number of ether oxygens (including phenoxy) is 5. The first-order valence-electron chi connectivity index (χ1n) is 12.3. The summed E-state index contributed by atoms with van der Waals surface area (Å²) in [5.41, 5.74) is 1.09. The topological polar surface area (TPSA) is 120 Å². The molecule has 2 amide bonds. The van der Waals surface area contributed by atoms with Gasteiger partial charge in [0.25, 0.3) is 0 Å². The standard InChI is InChI=1S/C28H29N3O8/c1-28(2,3)39-27(34)30(4)14-22(32)31-23(26(33)35-5)24(18-13-29-19-9-7-6-8-17(18)19)38-25(31)16-10-11-20-21(12-16)37-15-36-20/h6-13,25,29H,14-15H2,1-5H3. The molecule has 5 rings (SSSR count). The minimum atomic E-state index is -1.06. The SMILES string of the molecule is COC(=O)C1=C(c2c[nH]c3ccccc23)OC(c2ccc3c(c2)OCO3)N1C(=O)CN(C)C(=O)OC(C)(C)C. The van der Waals surface area contributed by atoms with Gasteiger partial charge in [-0.25, -0.2) is 9.59 Å². The third-order valence-corrected chi connectivity index (χ3v) is 6.16. The highest BCUT2D eigenvalue weighted by Gasteiger charge is 2.44. The van der Waals surface area contributed by atoms with Gasteiger partial charge in [0.2, 0.25) is 18.9 Å². The molecular weight excluding hydrogens is 506 g/mol. The molecule has 0 bridgehead atoms. The Morgan fingerprint density at radius 2 is 1.85 bits per heavy atom. The van der Waals surface area contributed by atoms with E-state index in [0.29, 0.717) is 22.6 Å². The van der Waals surface area contributed by atoms with Crippen molar-refractivity contribution in [1.82, 2.24) is 14.8 Å². The molecule has 3 heterocycles. The number of hydrogen-bond acceptors (Lipinski definition) is 8. The Morgan fingerprint density at radius 3 is 2.59 bits per heavy atom. The van der Waals surface area contributed by atoms with Gasteiger partial charge in [-0.15, -0.1) is 0 Å². The molecule has 0 spiro atoms. The lowest BCUT2D eigenvalue weighted by Gasteiger charge is -2.28.